The molecule has 110 valence electrons. The van der Waals surface area contributed by atoms with Crippen molar-refractivity contribution in [2.75, 3.05) is 19.7 Å². The van der Waals surface area contributed by atoms with Crippen LogP contribution in [0.4, 0.5) is 0 Å². The average Bonchev–Trinajstić information content (AvgIpc) is 2.45. The van der Waals surface area contributed by atoms with Crippen molar-refractivity contribution in [1.82, 2.24) is 4.90 Å². The molecule has 0 bridgehead atoms. The van der Waals surface area contributed by atoms with Gasteiger partial charge in [0.15, 0.2) is 0 Å². The van der Waals surface area contributed by atoms with Gasteiger partial charge in [-0.05, 0) is 25.7 Å². The zero-order valence-corrected chi connectivity index (χ0v) is 12.2. The number of amides is 1. The van der Waals surface area contributed by atoms with E-state index < -0.39 is 6.04 Å². The number of carbonyl (C=O) groups excluding carboxylic acids is 2. The minimum absolute atomic E-state index is 0.0386. The highest BCUT2D eigenvalue weighted by Gasteiger charge is 2.32. The number of esters is 1. The molecule has 0 unspecified atom stereocenters. The van der Waals surface area contributed by atoms with E-state index in [0.717, 1.165) is 19.3 Å². The predicted molar refractivity (Wildman–Crippen MR) is 73.4 cm³/mol. The summed E-state index contributed by atoms with van der Waals surface area (Å²) in [6.45, 7) is 7.32. The van der Waals surface area contributed by atoms with Gasteiger partial charge in [-0.2, -0.15) is 0 Å². The highest BCUT2D eigenvalue weighted by atomic mass is 16.5. The summed E-state index contributed by atoms with van der Waals surface area (Å²) in [6.07, 6.45) is 2.51. The summed E-state index contributed by atoms with van der Waals surface area (Å²) in [5, 5.41) is 0. The highest BCUT2D eigenvalue weighted by Crippen LogP contribution is 2.20. The first-order chi connectivity index (χ1) is 9.01. The Balaban J connectivity index is 2.59. The lowest BCUT2D eigenvalue weighted by molar-refractivity contribution is -0.151. The Bertz CT molecular complexity index is 320. The molecule has 0 aromatic carbocycles. The highest BCUT2D eigenvalue weighted by molar-refractivity contribution is 5.83. The van der Waals surface area contributed by atoms with Crippen molar-refractivity contribution in [2.45, 2.75) is 46.1 Å². The molecule has 1 rings (SSSR count). The van der Waals surface area contributed by atoms with Gasteiger partial charge in [0.25, 0.3) is 0 Å². The van der Waals surface area contributed by atoms with E-state index in [1.165, 1.54) is 0 Å². The molecule has 0 aromatic heterocycles. The second kappa shape index (κ2) is 7.48. The average molecular weight is 270 g/mol. The lowest BCUT2D eigenvalue weighted by atomic mass is 9.94. The van der Waals surface area contributed by atoms with Crippen LogP contribution in [0.2, 0.25) is 0 Å². The molecule has 0 saturated carbocycles. The smallest absolute Gasteiger partial charge is 0.310 e. The molecule has 1 fully saturated rings. The largest absolute Gasteiger partial charge is 0.466 e. The number of nitrogens with zero attached hydrogens (tertiary/aromatic N) is 1. The van der Waals surface area contributed by atoms with Crippen LogP contribution in [-0.2, 0) is 14.3 Å². The van der Waals surface area contributed by atoms with Crippen LogP contribution in [0.5, 0.6) is 0 Å². The van der Waals surface area contributed by atoms with Gasteiger partial charge in [0.2, 0.25) is 5.91 Å². The summed E-state index contributed by atoms with van der Waals surface area (Å²) in [5.74, 6) is -0.266. The zero-order valence-electron chi connectivity index (χ0n) is 12.2. The molecule has 1 aliphatic heterocycles. The number of rotatable bonds is 5. The van der Waals surface area contributed by atoms with E-state index in [4.69, 9.17) is 10.5 Å². The number of carbonyl (C=O) groups is 2. The maximum absolute atomic E-state index is 12.3. The summed E-state index contributed by atoms with van der Waals surface area (Å²) in [7, 11) is 0. The molecule has 3 atom stereocenters. The molecule has 19 heavy (non-hydrogen) atoms. The Morgan fingerprint density at radius 2 is 2.11 bits per heavy atom. The summed E-state index contributed by atoms with van der Waals surface area (Å²) < 4.78 is 5.03. The Morgan fingerprint density at radius 1 is 1.42 bits per heavy atom. The zero-order chi connectivity index (χ0) is 14.4. The molecule has 1 saturated heterocycles. The number of hydrogen-bond donors (Lipinski definition) is 1. The molecule has 0 aliphatic carbocycles. The quantitative estimate of drug-likeness (QED) is 0.761. The van der Waals surface area contributed by atoms with Crippen LogP contribution >= 0.6 is 0 Å². The molecule has 0 aromatic rings. The minimum atomic E-state index is -0.467. The molecule has 0 radical (unpaired) electrons. The third-order valence-corrected chi connectivity index (χ3v) is 3.90. The maximum atomic E-state index is 12.3. The fourth-order valence-electron chi connectivity index (χ4n) is 2.34. The summed E-state index contributed by atoms with van der Waals surface area (Å²) in [6, 6.07) is -0.467. The second-order valence-electron chi connectivity index (χ2n) is 5.29. The number of likely N-dealkylation sites (tertiary alicyclic amines) is 1. The van der Waals surface area contributed by atoms with Gasteiger partial charge in [0, 0.05) is 13.1 Å². The van der Waals surface area contributed by atoms with Gasteiger partial charge in [-0.1, -0.05) is 20.3 Å². The van der Waals surface area contributed by atoms with Gasteiger partial charge in [0.05, 0.1) is 18.6 Å². The third-order valence-electron chi connectivity index (χ3n) is 3.90. The number of ether oxygens (including phenoxy) is 1. The minimum Gasteiger partial charge on any atom is -0.466 e. The van der Waals surface area contributed by atoms with Crippen molar-refractivity contribution in [3.05, 3.63) is 0 Å². The molecule has 2 N–H and O–H groups in total. The first kappa shape index (κ1) is 16.0. The van der Waals surface area contributed by atoms with E-state index in [1.807, 2.05) is 13.8 Å². The van der Waals surface area contributed by atoms with Crippen molar-refractivity contribution in [1.29, 1.82) is 0 Å². The van der Waals surface area contributed by atoms with Crippen LogP contribution in [0.3, 0.4) is 0 Å². The molecule has 1 heterocycles. The third kappa shape index (κ3) is 4.20. The van der Waals surface area contributed by atoms with Gasteiger partial charge in [-0.15, -0.1) is 0 Å². The number of nitrogens with two attached hydrogens (primary N) is 1. The van der Waals surface area contributed by atoms with Crippen LogP contribution in [0.1, 0.15) is 40.0 Å². The summed E-state index contributed by atoms with van der Waals surface area (Å²) in [4.78, 5) is 25.7. The lowest BCUT2D eigenvalue weighted by Gasteiger charge is -2.34. The number of hydrogen-bond acceptors (Lipinski definition) is 4. The van der Waals surface area contributed by atoms with E-state index in [0.29, 0.717) is 19.7 Å². The number of piperidine rings is 1. The molecule has 1 aliphatic rings. The Labute approximate surface area is 115 Å². The fraction of sp³-hybridized carbons (Fsp3) is 0.857. The van der Waals surface area contributed by atoms with Crippen LogP contribution in [0.15, 0.2) is 0 Å². The topological polar surface area (TPSA) is 72.6 Å². The first-order valence-corrected chi connectivity index (χ1v) is 7.22. The molecule has 1 amide bonds. The van der Waals surface area contributed by atoms with Crippen LogP contribution < -0.4 is 5.73 Å². The second-order valence-corrected chi connectivity index (χ2v) is 5.29. The van der Waals surface area contributed by atoms with E-state index in [1.54, 1.807) is 11.8 Å². The van der Waals surface area contributed by atoms with E-state index in [2.05, 4.69) is 0 Å². The van der Waals surface area contributed by atoms with E-state index >= 15 is 0 Å². The van der Waals surface area contributed by atoms with Crippen LogP contribution in [0, 0.1) is 11.8 Å². The van der Waals surface area contributed by atoms with E-state index in [9.17, 15) is 9.59 Å². The fourth-order valence-corrected chi connectivity index (χ4v) is 2.34. The standard InChI is InChI=1S/C14H26N2O3/c1-4-10(3)12(15)13(17)16-8-6-7-11(9-16)14(18)19-5-2/h10-12H,4-9,15H2,1-3H3/t10-,11-,12+/m0/s1. The Morgan fingerprint density at radius 3 is 2.68 bits per heavy atom. The van der Waals surface area contributed by atoms with Crippen molar-refractivity contribution in [3.8, 4) is 0 Å². The van der Waals surface area contributed by atoms with Gasteiger partial charge in [-0.3, -0.25) is 9.59 Å². The van der Waals surface area contributed by atoms with Gasteiger partial charge < -0.3 is 15.4 Å². The van der Waals surface area contributed by atoms with Crippen LogP contribution in [0.25, 0.3) is 0 Å². The van der Waals surface area contributed by atoms with Crippen LogP contribution in [-0.4, -0.2) is 42.5 Å². The van der Waals surface area contributed by atoms with Gasteiger partial charge in [0.1, 0.15) is 0 Å². The SMILES string of the molecule is CCOC(=O)[C@H]1CCCN(C(=O)[C@H](N)[C@@H](C)CC)C1. The lowest BCUT2D eigenvalue weighted by Crippen LogP contribution is -2.51. The van der Waals surface area contributed by atoms with Crippen molar-refractivity contribution < 1.29 is 14.3 Å². The molecule has 0 spiro atoms. The Hall–Kier alpha value is -1.10. The van der Waals surface area contributed by atoms with Gasteiger partial charge >= 0.3 is 5.97 Å². The van der Waals surface area contributed by atoms with Crippen molar-refractivity contribution >= 4 is 11.9 Å². The van der Waals surface area contributed by atoms with Gasteiger partial charge in [-0.25, -0.2) is 0 Å². The molecular formula is C14H26N2O3. The normalized spacial score (nSPS) is 22.7. The Kier molecular flexibility index (Phi) is 6.28. The van der Waals surface area contributed by atoms with Crippen molar-refractivity contribution in [2.24, 2.45) is 17.6 Å². The monoisotopic (exact) mass is 270 g/mol. The van der Waals surface area contributed by atoms with Crippen molar-refractivity contribution in [3.63, 3.8) is 0 Å². The molecular weight excluding hydrogens is 244 g/mol. The first-order valence-electron chi connectivity index (χ1n) is 7.22. The summed E-state index contributed by atoms with van der Waals surface area (Å²) >= 11 is 0. The summed E-state index contributed by atoms with van der Waals surface area (Å²) in [5.41, 5.74) is 5.97. The van der Waals surface area contributed by atoms with E-state index in [-0.39, 0.29) is 23.7 Å². The molecule has 5 heteroatoms. The maximum Gasteiger partial charge on any atom is 0.310 e. The molecule has 5 nitrogen and oxygen atoms in total. The predicted octanol–water partition coefficient (Wildman–Crippen LogP) is 1.16.